The topological polar surface area (TPSA) is 93.5 Å². The first-order chi connectivity index (χ1) is 14.8. The Kier molecular flexibility index (Phi) is 5.88. The van der Waals surface area contributed by atoms with Crippen molar-refractivity contribution < 1.29 is 18.7 Å². The molecule has 2 amide bonds. The minimum absolute atomic E-state index is 0.0143. The molecule has 1 aliphatic heterocycles. The lowest BCUT2D eigenvalue weighted by molar-refractivity contribution is 0.0153. The summed E-state index contributed by atoms with van der Waals surface area (Å²) in [5.41, 5.74) is 0.322. The van der Waals surface area contributed by atoms with E-state index in [1.807, 2.05) is 6.92 Å². The molecule has 10 heteroatoms. The van der Waals surface area contributed by atoms with Crippen molar-refractivity contribution >= 4 is 12.0 Å². The highest BCUT2D eigenvalue weighted by molar-refractivity contribution is 5.94. The Hall–Kier alpha value is -3.04. The van der Waals surface area contributed by atoms with Crippen molar-refractivity contribution in [1.82, 2.24) is 29.3 Å². The number of rotatable bonds is 5. The maximum absolute atomic E-state index is 15.1. The lowest BCUT2D eigenvalue weighted by Crippen LogP contribution is -2.56. The molecular weight excluding hydrogens is 403 g/mol. The van der Waals surface area contributed by atoms with Gasteiger partial charge in [0.15, 0.2) is 0 Å². The van der Waals surface area contributed by atoms with Gasteiger partial charge in [-0.15, -0.1) is 0 Å². The van der Waals surface area contributed by atoms with Crippen LogP contribution in [0.3, 0.4) is 0 Å². The van der Waals surface area contributed by atoms with Crippen LogP contribution in [0, 0.1) is 6.92 Å². The Labute approximate surface area is 180 Å². The van der Waals surface area contributed by atoms with Crippen molar-refractivity contribution in [1.29, 1.82) is 0 Å². The summed E-state index contributed by atoms with van der Waals surface area (Å²) in [5, 5.41) is 0. The minimum Gasteiger partial charge on any atom is -0.447 e. The first-order valence-electron chi connectivity index (χ1n) is 10.6. The van der Waals surface area contributed by atoms with Gasteiger partial charge >= 0.3 is 6.09 Å². The number of imidazole rings is 1. The highest BCUT2D eigenvalue weighted by atomic mass is 19.1. The largest absolute Gasteiger partial charge is 0.447 e. The quantitative estimate of drug-likeness (QED) is 0.724. The van der Waals surface area contributed by atoms with Gasteiger partial charge in [-0.2, -0.15) is 0 Å². The third kappa shape index (κ3) is 4.52. The number of halogens is 1. The van der Waals surface area contributed by atoms with E-state index in [9.17, 15) is 9.59 Å². The van der Waals surface area contributed by atoms with Crippen LogP contribution in [0.2, 0.25) is 0 Å². The molecule has 0 unspecified atom stereocenters. The first-order valence-corrected chi connectivity index (χ1v) is 10.6. The van der Waals surface area contributed by atoms with Crippen molar-refractivity contribution in [3.05, 3.63) is 36.2 Å². The molecule has 0 N–H and O–H groups in total. The van der Waals surface area contributed by atoms with E-state index in [-0.39, 0.29) is 24.6 Å². The van der Waals surface area contributed by atoms with E-state index in [4.69, 9.17) is 4.74 Å². The number of ether oxygens (including phenoxy) is 1. The van der Waals surface area contributed by atoms with E-state index in [0.717, 1.165) is 18.7 Å². The van der Waals surface area contributed by atoms with Crippen LogP contribution >= 0.6 is 0 Å². The molecule has 2 fully saturated rings. The molecule has 1 aliphatic carbocycles. The fraction of sp³-hybridized carbons (Fsp3) is 0.571. The second kappa shape index (κ2) is 8.60. The number of likely N-dealkylation sites (tertiary alicyclic amines) is 1. The van der Waals surface area contributed by atoms with Gasteiger partial charge in [0.05, 0.1) is 24.3 Å². The van der Waals surface area contributed by atoms with Crippen LogP contribution in [0.5, 0.6) is 0 Å². The number of hydrogen-bond donors (Lipinski definition) is 0. The molecule has 0 spiro atoms. The maximum atomic E-state index is 15.1. The fourth-order valence-electron chi connectivity index (χ4n) is 3.88. The lowest BCUT2D eigenvalue weighted by atomic mass is 10.0. The van der Waals surface area contributed by atoms with Gasteiger partial charge in [-0.25, -0.2) is 24.1 Å². The van der Waals surface area contributed by atoms with Gasteiger partial charge in [0.25, 0.3) is 5.91 Å². The molecular formula is C21H27FN6O3. The number of alkyl halides is 1. The predicted molar refractivity (Wildman–Crippen MR) is 110 cm³/mol. The molecule has 9 nitrogen and oxygen atoms in total. The fourth-order valence-corrected chi connectivity index (χ4v) is 3.88. The van der Waals surface area contributed by atoms with Gasteiger partial charge in [0.2, 0.25) is 5.95 Å². The molecule has 4 rings (SSSR count). The Bertz CT molecular complexity index is 943. The first kappa shape index (κ1) is 21.2. The van der Waals surface area contributed by atoms with Crippen LogP contribution in [-0.4, -0.2) is 78.8 Å². The standard InChI is InChI=1S/C21H27FN6O3/c1-13(2)31-21(30)26-8-6-18(17(22)12-26)28(16-4-5-16)19(29)15-10-24-20(25-11-15)27-9-7-23-14(27)3/h7,9-11,13,16-18H,4-6,8,12H2,1-3H3/t17-,18+/m0/s1. The number of carbonyl (C=O) groups is 2. The normalized spacial score (nSPS) is 21.3. The number of nitrogens with zero attached hydrogens (tertiary/aromatic N) is 6. The third-order valence-corrected chi connectivity index (χ3v) is 5.56. The number of aromatic nitrogens is 4. The van der Waals surface area contributed by atoms with Gasteiger partial charge in [-0.05, 0) is 40.0 Å². The zero-order valence-corrected chi connectivity index (χ0v) is 17.9. The van der Waals surface area contributed by atoms with Crippen molar-refractivity contribution in [3.8, 4) is 5.95 Å². The molecule has 2 atom stereocenters. The van der Waals surface area contributed by atoms with Crippen LogP contribution in [0.1, 0.15) is 49.3 Å². The minimum atomic E-state index is -1.34. The number of aryl methyl sites for hydroxylation is 1. The highest BCUT2D eigenvalue weighted by Gasteiger charge is 2.44. The van der Waals surface area contributed by atoms with Gasteiger partial charge in [0.1, 0.15) is 12.0 Å². The van der Waals surface area contributed by atoms with Gasteiger partial charge in [-0.3, -0.25) is 9.36 Å². The zero-order chi connectivity index (χ0) is 22.1. The molecule has 2 aliphatic rings. The average molecular weight is 430 g/mol. The van der Waals surface area contributed by atoms with Gasteiger partial charge in [0, 0.05) is 37.4 Å². The molecule has 0 bridgehead atoms. The van der Waals surface area contributed by atoms with E-state index >= 15 is 4.39 Å². The van der Waals surface area contributed by atoms with Crippen LogP contribution in [0.25, 0.3) is 5.95 Å². The Morgan fingerprint density at radius 1 is 1.19 bits per heavy atom. The van der Waals surface area contributed by atoms with Crippen molar-refractivity contribution in [2.45, 2.75) is 64.4 Å². The Balaban J connectivity index is 1.47. The summed E-state index contributed by atoms with van der Waals surface area (Å²) >= 11 is 0. The molecule has 1 saturated carbocycles. The summed E-state index contributed by atoms with van der Waals surface area (Å²) in [6.07, 6.45) is 6.29. The molecule has 0 aromatic carbocycles. The second-order valence-corrected chi connectivity index (χ2v) is 8.31. The summed E-state index contributed by atoms with van der Waals surface area (Å²) in [6.45, 7) is 5.62. The number of hydrogen-bond acceptors (Lipinski definition) is 6. The second-order valence-electron chi connectivity index (χ2n) is 8.31. The molecule has 166 valence electrons. The number of piperidine rings is 1. The van der Waals surface area contributed by atoms with Crippen LogP contribution < -0.4 is 0 Å². The molecule has 31 heavy (non-hydrogen) atoms. The van der Waals surface area contributed by atoms with Gasteiger partial charge < -0.3 is 14.5 Å². The van der Waals surface area contributed by atoms with E-state index in [1.165, 1.54) is 17.3 Å². The SMILES string of the molecule is Cc1nccn1-c1ncc(C(=O)N(C2CC2)[C@@H]2CCN(C(=O)OC(C)C)C[C@@H]2F)cn1. The predicted octanol–water partition coefficient (Wildman–Crippen LogP) is 2.53. The molecule has 1 saturated heterocycles. The van der Waals surface area contributed by atoms with E-state index in [0.29, 0.717) is 24.5 Å². The van der Waals surface area contributed by atoms with Crippen LogP contribution in [0.15, 0.2) is 24.8 Å². The summed E-state index contributed by atoms with van der Waals surface area (Å²) < 4.78 is 22.0. The molecule has 2 aromatic heterocycles. The molecule has 0 radical (unpaired) electrons. The van der Waals surface area contributed by atoms with Crippen molar-refractivity contribution in [2.24, 2.45) is 0 Å². The van der Waals surface area contributed by atoms with Gasteiger partial charge in [-0.1, -0.05) is 0 Å². The third-order valence-electron chi connectivity index (χ3n) is 5.56. The Morgan fingerprint density at radius 2 is 1.90 bits per heavy atom. The summed E-state index contributed by atoms with van der Waals surface area (Å²) in [7, 11) is 0. The smallest absolute Gasteiger partial charge is 0.410 e. The monoisotopic (exact) mass is 430 g/mol. The van der Waals surface area contributed by atoms with E-state index < -0.39 is 18.3 Å². The highest BCUT2D eigenvalue weighted by Crippen LogP contribution is 2.34. The summed E-state index contributed by atoms with van der Waals surface area (Å²) in [4.78, 5) is 41.1. The number of carbonyl (C=O) groups excluding carboxylic acids is 2. The van der Waals surface area contributed by atoms with Crippen LogP contribution in [-0.2, 0) is 4.74 Å². The van der Waals surface area contributed by atoms with Crippen LogP contribution in [0.4, 0.5) is 9.18 Å². The van der Waals surface area contributed by atoms with Crippen molar-refractivity contribution in [2.75, 3.05) is 13.1 Å². The lowest BCUT2D eigenvalue weighted by Gasteiger charge is -2.40. The zero-order valence-electron chi connectivity index (χ0n) is 17.9. The summed E-state index contributed by atoms with van der Waals surface area (Å²) in [5.74, 6) is 0.883. The van der Waals surface area contributed by atoms with Crippen molar-refractivity contribution in [3.63, 3.8) is 0 Å². The summed E-state index contributed by atoms with van der Waals surface area (Å²) in [6, 6.07) is -0.570. The molecule has 2 aromatic rings. The van der Waals surface area contributed by atoms with E-state index in [2.05, 4.69) is 15.0 Å². The maximum Gasteiger partial charge on any atom is 0.410 e. The average Bonchev–Trinajstić information content (AvgIpc) is 3.48. The Morgan fingerprint density at radius 3 is 2.45 bits per heavy atom. The van der Waals surface area contributed by atoms with E-state index in [1.54, 1.807) is 35.7 Å². The number of amides is 2. The molecule has 3 heterocycles.